The molecule has 5 heteroatoms. The molecule has 0 saturated carbocycles. The fourth-order valence-corrected chi connectivity index (χ4v) is 2.32. The molecular weight excluding hydrogens is 250 g/mol. The minimum Gasteiger partial charge on any atom is -0.361 e. The second-order valence-electron chi connectivity index (χ2n) is 4.77. The van der Waals surface area contributed by atoms with Crippen LogP contribution in [-0.4, -0.2) is 19.5 Å². The van der Waals surface area contributed by atoms with Crippen LogP contribution in [0.3, 0.4) is 0 Å². The SMILES string of the molecule is CC[C@H](Nc1ncnc2c1ncn2C)c1ccccc1. The van der Waals surface area contributed by atoms with Crippen LogP contribution >= 0.6 is 0 Å². The van der Waals surface area contributed by atoms with Crippen molar-refractivity contribution in [1.82, 2.24) is 19.5 Å². The predicted octanol–water partition coefficient (Wildman–Crippen LogP) is 2.93. The molecule has 0 spiro atoms. The Kier molecular flexibility index (Phi) is 3.33. The first kappa shape index (κ1) is 12.6. The number of hydrogen-bond donors (Lipinski definition) is 1. The highest BCUT2D eigenvalue weighted by Crippen LogP contribution is 2.24. The smallest absolute Gasteiger partial charge is 0.165 e. The van der Waals surface area contributed by atoms with Crippen molar-refractivity contribution in [2.75, 3.05) is 5.32 Å². The summed E-state index contributed by atoms with van der Waals surface area (Å²) in [5, 5.41) is 3.47. The summed E-state index contributed by atoms with van der Waals surface area (Å²) in [5.74, 6) is 0.784. The largest absolute Gasteiger partial charge is 0.361 e. The van der Waals surface area contributed by atoms with Gasteiger partial charge in [0.1, 0.15) is 11.8 Å². The minimum atomic E-state index is 0.219. The van der Waals surface area contributed by atoms with Gasteiger partial charge in [-0.25, -0.2) is 15.0 Å². The Morgan fingerprint density at radius 1 is 1.15 bits per heavy atom. The highest BCUT2D eigenvalue weighted by Gasteiger charge is 2.13. The Morgan fingerprint density at radius 3 is 2.70 bits per heavy atom. The van der Waals surface area contributed by atoms with Crippen LogP contribution in [0, 0.1) is 0 Å². The van der Waals surface area contributed by atoms with E-state index < -0.39 is 0 Å². The lowest BCUT2D eigenvalue weighted by Gasteiger charge is -2.18. The van der Waals surface area contributed by atoms with Crippen molar-refractivity contribution >= 4 is 17.0 Å². The number of aryl methyl sites for hydroxylation is 1. The summed E-state index contributed by atoms with van der Waals surface area (Å²) >= 11 is 0. The molecule has 5 nitrogen and oxygen atoms in total. The van der Waals surface area contributed by atoms with E-state index in [1.54, 1.807) is 12.7 Å². The molecule has 0 unspecified atom stereocenters. The summed E-state index contributed by atoms with van der Waals surface area (Å²) in [4.78, 5) is 13.0. The van der Waals surface area contributed by atoms with Crippen molar-refractivity contribution in [3.05, 3.63) is 48.5 Å². The number of anilines is 1. The molecule has 1 atom stereocenters. The normalized spacial score (nSPS) is 12.5. The number of fused-ring (bicyclic) bond motifs is 1. The van der Waals surface area contributed by atoms with Crippen molar-refractivity contribution in [3.63, 3.8) is 0 Å². The summed E-state index contributed by atoms with van der Waals surface area (Å²) in [5.41, 5.74) is 2.90. The first-order valence-electron chi connectivity index (χ1n) is 6.73. The van der Waals surface area contributed by atoms with Crippen LogP contribution in [0.2, 0.25) is 0 Å². The van der Waals surface area contributed by atoms with Crippen molar-refractivity contribution in [2.24, 2.45) is 7.05 Å². The number of nitrogens with zero attached hydrogens (tertiary/aromatic N) is 4. The van der Waals surface area contributed by atoms with Gasteiger partial charge in [-0.2, -0.15) is 0 Å². The molecule has 3 rings (SSSR count). The lowest BCUT2D eigenvalue weighted by atomic mass is 10.0. The van der Waals surface area contributed by atoms with Crippen LogP contribution in [0.5, 0.6) is 0 Å². The topological polar surface area (TPSA) is 55.6 Å². The Balaban J connectivity index is 1.96. The predicted molar refractivity (Wildman–Crippen MR) is 79.4 cm³/mol. The van der Waals surface area contributed by atoms with Gasteiger partial charge in [0.15, 0.2) is 11.5 Å². The number of rotatable bonds is 4. The van der Waals surface area contributed by atoms with Gasteiger partial charge in [0.05, 0.1) is 12.4 Å². The molecule has 2 aromatic heterocycles. The highest BCUT2D eigenvalue weighted by atomic mass is 15.1. The van der Waals surface area contributed by atoms with Crippen molar-refractivity contribution in [2.45, 2.75) is 19.4 Å². The zero-order chi connectivity index (χ0) is 13.9. The zero-order valence-electron chi connectivity index (χ0n) is 11.6. The maximum absolute atomic E-state index is 4.37. The fourth-order valence-electron chi connectivity index (χ4n) is 2.32. The van der Waals surface area contributed by atoms with Gasteiger partial charge < -0.3 is 9.88 Å². The number of benzene rings is 1. The summed E-state index contributed by atoms with van der Waals surface area (Å²) in [6, 6.07) is 10.6. The van der Waals surface area contributed by atoms with Crippen LogP contribution in [0.1, 0.15) is 24.9 Å². The van der Waals surface area contributed by atoms with Gasteiger partial charge in [-0.05, 0) is 12.0 Å². The van der Waals surface area contributed by atoms with Crippen LogP contribution < -0.4 is 5.32 Å². The number of nitrogens with one attached hydrogen (secondary N) is 1. The molecule has 102 valence electrons. The Morgan fingerprint density at radius 2 is 1.95 bits per heavy atom. The lowest BCUT2D eigenvalue weighted by Crippen LogP contribution is -2.11. The van der Waals surface area contributed by atoms with Crippen LogP contribution in [-0.2, 0) is 7.05 Å². The molecule has 0 aliphatic carbocycles. The van der Waals surface area contributed by atoms with Gasteiger partial charge in [0.25, 0.3) is 0 Å². The van der Waals surface area contributed by atoms with E-state index in [0.29, 0.717) is 0 Å². The van der Waals surface area contributed by atoms with E-state index in [4.69, 9.17) is 0 Å². The highest BCUT2D eigenvalue weighted by molar-refractivity contribution is 5.82. The Labute approximate surface area is 117 Å². The molecule has 0 aliphatic heterocycles. The first-order chi connectivity index (χ1) is 9.79. The number of imidazole rings is 1. The van der Waals surface area contributed by atoms with Crippen molar-refractivity contribution < 1.29 is 0 Å². The zero-order valence-corrected chi connectivity index (χ0v) is 11.6. The molecule has 0 amide bonds. The molecule has 3 aromatic rings. The summed E-state index contributed by atoms with van der Waals surface area (Å²) in [6.07, 6.45) is 4.31. The molecule has 0 aliphatic rings. The van der Waals surface area contributed by atoms with Crippen molar-refractivity contribution in [3.8, 4) is 0 Å². The molecule has 2 heterocycles. The maximum atomic E-state index is 4.37. The summed E-state index contributed by atoms with van der Waals surface area (Å²) in [7, 11) is 1.93. The quantitative estimate of drug-likeness (QED) is 0.789. The average molecular weight is 267 g/mol. The van der Waals surface area contributed by atoms with Crippen molar-refractivity contribution in [1.29, 1.82) is 0 Å². The maximum Gasteiger partial charge on any atom is 0.165 e. The summed E-state index contributed by atoms with van der Waals surface area (Å²) in [6.45, 7) is 2.15. The first-order valence-corrected chi connectivity index (χ1v) is 6.73. The van der Waals surface area contributed by atoms with E-state index in [0.717, 1.165) is 23.4 Å². The van der Waals surface area contributed by atoms with Gasteiger partial charge in [-0.1, -0.05) is 37.3 Å². The van der Waals surface area contributed by atoms with Gasteiger partial charge in [0, 0.05) is 7.05 Å². The van der Waals surface area contributed by atoms with E-state index in [1.807, 2.05) is 17.7 Å². The molecular formula is C15H17N5. The van der Waals surface area contributed by atoms with Gasteiger partial charge in [-0.15, -0.1) is 0 Å². The molecule has 0 fully saturated rings. The third-order valence-electron chi connectivity index (χ3n) is 3.42. The Hall–Kier alpha value is -2.43. The molecule has 1 N–H and O–H groups in total. The second kappa shape index (κ2) is 5.28. The molecule has 1 aromatic carbocycles. The minimum absolute atomic E-state index is 0.219. The van der Waals surface area contributed by atoms with Crippen LogP contribution in [0.4, 0.5) is 5.82 Å². The average Bonchev–Trinajstić information content (AvgIpc) is 2.88. The monoisotopic (exact) mass is 267 g/mol. The van der Waals surface area contributed by atoms with Gasteiger partial charge in [0.2, 0.25) is 0 Å². The summed E-state index contributed by atoms with van der Waals surface area (Å²) < 4.78 is 1.89. The molecule has 0 bridgehead atoms. The lowest BCUT2D eigenvalue weighted by molar-refractivity contribution is 0.745. The van der Waals surface area contributed by atoms with E-state index in [1.165, 1.54) is 5.56 Å². The molecule has 20 heavy (non-hydrogen) atoms. The third-order valence-corrected chi connectivity index (χ3v) is 3.42. The van der Waals surface area contributed by atoms with Crippen LogP contribution in [0.15, 0.2) is 43.0 Å². The third kappa shape index (κ3) is 2.22. The fraction of sp³-hybridized carbons (Fsp3) is 0.267. The molecule has 0 saturated heterocycles. The van der Waals surface area contributed by atoms with E-state index in [9.17, 15) is 0 Å². The number of hydrogen-bond acceptors (Lipinski definition) is 4. The van der Waals surface area contributed by atoms with Crippen LogP contribution in [0.25, 0.3) is 11.2 Å². The van der Waals surface area contributed by atoms with Gasteiger partial charge >= 0.3 is 0 Å². The number of aromatic nitrogens is 4. The second-order valence-corrected chi connectivity index (χ2v) is 4.77. The standard InChI is InChI=1S/C15H17N5/c1-3-12(11-7-5-4-6-8-11)19-14-13-15(17-9-16-14)20(2)10-18-13/h4-10,12H,3H2,1-2H3,(H,16,17,19)/t12-/m0/s1. The Bertz CT molecular complexity index is 705. The van der Waals surface area contributed by atoms with E-state index in [-0.39, 0.29) is 6.04 Å². The van der Waals surface area contributed by atoms with E-state index in [2.05, 4.69) is 51.5 Å². The van der Waals surface area contributed by atoms with E-state index >= 15 is 0 Å². The molecule has 0 radical (unpaired) electrons. The van der Waals surface area contributed by atoms with Gasteiger partial charge in [-0.3, -0.25) is 0 Å².